The number of aryl methyl sites for hydroxylation is 3. The number of hydrogen-bond acceptors (Lipinski definition) is 4. The molecule has 1 aliphatic heterocycles. The summed E-state index contributed by atoms with van der Waals surface area (Å²) in [7, 11) is 1.68. The van der Waals surface area contributed by atoms with Crippen molar-refractivity contribution >= 4 is 16.9 Å². The third-order valence-electron chi connectivity index (χ3n) is 5.27. The maximum Gasteiger partial charge on any atom is 0.290 e. The van der Waals surface area contributed by atoms with Gasteiger partial charge in [0.15, 0.2) is 5.76 Å². The number of aromatic nitrogens is 2. The molecule has 0 aliphatic carbocycles. The number of benzene rings is 1. The van der Waals surface area contributed by atoms with Crippen LogP contribution in [0.1, 0.15) is 45.8 Å². The van der Waals surface area contributed by atoms with E-state index in [-0.39, 0.29) is 18.1 Å². The van der Waals surface area contributed by atoms with Crippen molar-refractivity contribution in [1.29, 1.82) is 0 Å². The van der Waals surface area contributed by atoms with Crippen LogP contribution in [0.4, 0.5) is 0 Å². The Labute approximate surface area is 152 Å². The van der Waals surface area contributed by atoms with E-state index in [1.807, 2.05) is 45.0 Å². The summed E-state index contributed by atoms with van der Waals surface area (Å²) in [6, 6.07) is 7.58. The van der Waals surface area contributed by atoms with Crippen LogP contribution in [0.3, 0.4) is 0 Å². The fraction of sp³-hybridized carbons (Fsp3) is 0.400. The first kappa shape index (κ1) is 16.8. The van der Waals surface area contributed by atoms with Gasteiger partial charge in [-0.25, -0.2) is 4.98 Å². The van der Waals surface area contributed by atoms with Gasteiger partial charge < -0.3 is 19.0 Å². The Kier molecular flexibility index (Phi) is 4.07. The van der Waals surface area contributed by atoms with E-state index >= 15 is 0 Å². The van der Waals surface area contributed by atoms with Crippen LogP contribution in [0.2, 0.25) is 0 Å². The molecule has 1 aliphatic rings. The fourth-order valence-electron chi connectivity index (χ4n) is 3.64. The number of carbonyl (C=O) groups excluding carboxylic acids is 1. The highest BCUT2D eigenvalue weighted by Crippen LogP contribution is 2.34. The Morgan fingerprint density at radius 3 is 2.81 bits per heavy atom. The molecule has 4 rings (SSSR count). The standard InChI is InChI=1S/C20H23N3O3/c1-11-6-5-7-14-8-17(26-18(11)14)20(24)23-10-15(25-4)9-16(23)19-21-12(2)13(3)22-19/h5-8,15-16H,9-10H2,1-4H3,(H,21,22)/t15-,16+/m1/s1. The van der Waals surface area contributed by atoms with Gasteiger partial charge in [-0.2, -0.15) is 0 Å². The van der Waals surface area contributed by atoms with E-state index in [9.17, 15) is 4.79 Å². The minimum absolute atomic E-state index is 0.0132. The van der Waals surface area contributed by atoms with Crippen molar-refractivity contribution in [2.45, 2.75) is 39.3 Å². The van der Waals surface area contributed by atoms with Crippen molar-refractivity contribution in [3.8, 4) is 0 Å². The number of para-hydroxylation sites is 1. The molecule has 1 fully saturated rings. The number of nitrogens with zero attached hydrogens (tertiary/aromatic N) is 2. The smallest absolute Gasteiger partial charge is 0.290 e. The lowest BCUT2D eigenvalue weighted by Gasteiger charge is -2.21. The molecular formula is C20H23N3O3. The minimum atomic E-state index is -0.144. The van der Waals surface area contributed by atoms with E-state index in [1.165, 1.54) is 0 Å². The predicted octanol–water partition coefficient (Wildman–Crippen LogP) is 3.68. The van der Waals surface area contributed by atoms with Crippen LogP contribution in [0.5, 0.6) is 0 Å². The molecule has 1 aromatic carbocycles. The van der Waals surface area contributed by atoms with Gasteiger partial charge in [0.2, 0.25) is 0 Å². The molecule has 1 saturated heterocycles. The molecule has 0 radical (unpaired) electrons. The van der Waals surface area contributed by atoms with Gasteiger partial charge in [-0.15, -0.1) is 0 Å². The first-order chi connectivity index (χ1) is 12.5. The fourth-order valence-corrected chi connectivity index (χ4v) is 3.64. The summed E-state index contributed by atoms with van der Waals surface area (Å²) in [4.78, 5) is 22.9. The maximum atomic E-state index is 13.2. The molecule has 0 bridgehead atoms. The summed E-state index contributed by atoms with van der Waals surface area (Å²) in [6.45, 7) is 6.46. The summed E-state index contributed by atoms with van der Waals surface area (Å²) in [6.07, 6.45) is 0.703. The van der Waals surface area contributed by atoms with E-state index in [0.29, 0.717) is 18.7 Å². The predicted molar refractivity (Wildman–Crippen MR) is 98.2 cm³/mol. The number of imidazole rings is 1. The summed E-state index contributed by atoms with van der Waals surface area (Å²) in [5.74, 6) is 1.04. The third kappa shape index (κ3) is 2.70. The van der Waals surface area contributed by atoms with E-state index < -0.39 is 0 Å². The van der Waals surface area contributed by atoms with Crippen LogP contribution in [0.15, 0.2) is 28.7 Å². The van der Waals surface area contributed by atoms with E-state index in [4.69, 9.17) is 9.15 Å². The second-order valence-corrected chi connectivity index (χ2v) is 7.00. The van der Waals surface area contributed by atoms with Crippen molar-refractivity contribution in [3.05, 3.63) is 52.8 Å². The molecule has 3 aromatic rings. The van der Waals surface area contributed by atoms with Crippen molar-refractivity contribution in [2.75, 3.05) is 13.7 Å². The molecule has 136 valence electrons. The SMILES string of the molecule is CO[C@@H]1C[C@@H](c2nc(C)c(C)[nH]2)N(C(=O)c2cc3cccc(C)c3o2)C1. The van der Waals surface area contributed by atoms with Crippen LogP contribution >= 0.6 is 0 Å². The molecule has 6 nitrogen and oxygen atoms in total. The number of nitrogens with one attached hydrogen (secondary N) is 1. The Bertz CT molecular complexity index is 953. The Hall–Kier alpha value is -2.60. The lowest BCUT2D eigenvalue weighted by Crippen LogP contribution is -2.32. The first-order valence-electron chi connectivity index (χ1n) is 8.84. The topological polar surface area (TPSA) is 71.4 Å². The number of aromatic amines is 1. The summed E-state index contributed by atoms with van der Waals surface area (Å²) in [5.41, 5.74) is 3.76. The van der Waals surface area contributed by atoms with Crippen LogP contribution in [0, 0.1) is 20.8 Å². The van der Waals surface area contributed by atoms with Crippen molar-refractivity contribution in [2.24, 2.45) is 0 Å². The minimum Gasteiger partial charge on any atom is -0.451 e. The number of amides is 1. The van der Waals surface area contributed by atoms with Gasteiger partial charge in [-0.05, 0) is 32.4 Å². The maximum absolute atomic E-state index is 13.2. The van der Waals surface area contributed by atoms with Gasteiger partial charge >= 0.3 is 0 Å². The molecule has 26 heavy (non-hydrogen) atoms. The number of fused-ring (bicyclic) bond motifs is 1. The van der Waals surface area contributed by atoms with Gasteiger partial charge in [-0.3, -0.25) is 4.79 Å². The second-order valence-electron chi connectivity index (χ2n) is 7.00. The average molecular weight is 353 g/mol. The lowest BCUT2D eigenvalue weighted by molar-refractivity contribution is 0.0656. The van der Waals surface area contributed by atoms with E-state index in [1.54, 1.807) is 12.0 Å². The lowest BCUT2D eigenvalue weighted by atomic mass is 10.1. The van der Waals surface area contributed by atoms with Gasteiger partial charge in [0.25, 0.3) is 5.91 Å². The Morgan fingerprint density at radius 1 is 1.35 bits per heavy atom. The third-order valence-corrected chi connectivity index (χ3v) is 5.27. The molecule has 1 N–H and O–H groups in total. The zero-order valence-corrected chi connectivity index (χ0v) is 15.5. The largest absolute Gasteiger partial charge is 0.451 e. The molecule has 0 unspecified atom stereocenters. The van der Waals surface area contributed by atoms with Crippen molar-refractivity contribution in [1.82, 2.24) is 14.9 Å². The zero-order chi connectivity index (χ0) is 18.4. The zero-order valence-electron chi connectivity index (χ0n) is 15.5. The van der Waals surface area contributed by atoms with Gasteiger partial charge in [0.05, 0.1) is 17.8 Å². The van der Waals surface area contributed by atoms with Crippen LogP contribution in [-0.4, -0.2) is 40.5 Å². The van der Waals surface area contributed by atoms with Crippen LogP contribution in [-0.2, 0) is 4.74 Å². The van der Waals surface area contributed by atoms with Gasteiger partial charge in [-0.1, -0.05) is 18.2 Å². The summed E-state index contributed by atoms with van der Waals surface area (Å²) in [5, 5.41) is 0.942. The second kappa shape index (κ2) is 6.29. The number of ether oxygens (including phenoxy) is 1. The highest BCUT2D eigenvalue weighted by Gasteiger charge is 2.39. The van der Waals surface area contributed by atoms with E-state index in [0.717, 1.165) is 33.7 Å². The molecule has 6 heteroatoms. The molecule has 3 heterocycles. The Balaban J connectivity index is 1.70. The molecular weight excluding hydrogens is 330 g/mol. The number of furan rings is 1. The number of hydrogen-bond donors (Lipinski definition) is 1. The number of methoxy groups -OCH3 is 1. The monoisotopic (exact) mass is 353 g/mol. The highest BCUT2D eigenvalue weighted by molar-refractivity contribution is 5.97. The molecule has 0 saturated carbocycles. The summed E-state index contributed by atoms with van der Waals surface area (Å²) >= 11 is 0. The van der Waals surface area contributed by atoms with Crippen molar-refractivity contribution < 1.29 is 13.9 Å². The Morgan fingerprint density at radius 2 is 2.15 bits per heavy atom. The molecule has 2 aromatic heterocycles. The van der Waals surface area contributed by atoms with Gasteiger partial charge in [0.1, 0.15) is 11.4 Å². The molecule has 2 atom stereocenters. The summed E-state index contributed by atoms with van der Waals surface area (Å²) < 4.78 is 11.4. The van der Waals surface area contributed by atoms with Crippen LogP contribution in [0.25, 0.3) is 11.0 Å². The number of carbonyl (C=O) groups is 1. The number of rotatable bonds is 3. The average Bonchev–Trinajstić information content (AvgIpc) is 3.32. The molecule has 0 spiro atoms. The number of likely N-dealkylation sites (tertiary alicyclic amines) is 1. The quantitative estimate of drug-likeness (QED) is 0.780. The van der Waals surface area contributed by atoms with Crippen molar-refractivity contribution in [3.63, 3.8) is 0 Å². The number of H-pyrrole nitrogens is 1. The highest BCUT2D eigenvalue weighted by atomic mass is 16.5. The van der Waals surface area contributed by atoms with E-state index in [2.05, 4.69) is 9.97 Å². The molecule has 1 amide bonds. The van der Waals surface area contributed by atoms with Gasteiger partial charge in [0, 0.05) is 31.2 Å². The normalized spacial score (nSPS) is 20.2. The van der Waals surface area contributed by atoms with Crippen LogP contribution < -0.4 is 0 Å². The first-order valence-corrected chi connectivity index (χ1v) is 8.84.